The summed E-state index contributed by atoms with van der Waals surface area (Å²) in [5.74, 6) is -1.86. The summed E-state index contributed by atoms with van der Waals surface area (Å²) in [7, 11) is -3.67. The molecule has 1 fully saturated rings. The number of carboxylic acid groups (broad SMARTS) is 1. The first kappa shape index (κ1) is 14.9. The summed E-state index contributed by atoms with van der Waals surface area (Å²) >= 11 is 0.984. The van der Waals surface area contributed by atoms with Gasteiger partial charge in [0.15, 0.2) is 0 Å². The molecule has 1 aliphatic heterocycles. The number of amides is 1. The van der Waals surface area contributed by atoms with Crippen molar-refractivity contribution >= 4 is 33.2 Å². The predicted molar refractivity (Wildman–Crippen MR) is 72.3 cm³/mol. The lowest BCUT2D eigenvalue weighted by Crippen LogP contribution is -2.32. The smallest absolute Gasteiger partial charge is 0.322 e. The first-order valence-corrected chi connectivity index (χ1v) is 8.32. The maximum absolute atomic E-state index is 12.4. The molecule has 1 aromatic heterocycles. The van der Waals surface area contributed by atoms with E-state index in [0.29, 0.717) is 13.1 Å². The zero-order valence-corrected chi connectivity index (χ0v) is 12.2. The highest BCUT2D eigenvalue weighted by Gasteiger charge is 2.31. The van der Waals surface area contributed by atoms with E-state index in [1.54, 1.807) is 0 Å². The number of carbonyl (C=O) groups excluding carboxylic acids is 1. The van der Waals surface area contributed by atoms with Crippen LogP contribution in [0.2, 0.25) is 0 Å². The monoisotopic (exact) mass is 318 g/mol. The van der Waals surface area contributed by atoms with Crippen molar-refractivity contribution in [3.05, 3.63) is 16.3 Å². The second-order valence-electron chi connectivity index (χ2n) is 4.30. The number of aliphatic carboxylic acids is 1. The largest absolute Gasteiger partial charge is 0.480 e. The van der Waals surface area contributed by atoms with Crippen molar-refractivity contribution in [2.24, 2.45) is 0 Å². The zero-order chi connectivity index (χ0) is 14.8. The zero-order valence-electron chi connectivity index (χ0n) is 10.5. The molecule has 0 aromatic carbocycles. The van der Waals surface area contributed by atoms with Gasteiger partial charge in [0, 0.05) is 13.1 Å². The maximum Gasteiger partial charge on any atom is 0.322 e. The quantitative estimate of drug-likeness (QED) is 0.815. The van der Waals surface area contributed by atoms with E-state index in [1.165, 1.54) is 15.8 Å². The molecule has 2 rings (SSSR count). The fraction of sp³-hybridized carbons (Fsp3) is 0.455. The van der Waals surface area contributed by atoms with Crippen molar-refractivity contribution < 1.29 is 23.1 Å². The molecule has 7 nitrogen and oxygen atoms in total. The van der Waals surface area contributed by atoms with Crippen LogP contribution in [0.4, 0.5) is 0 Å². The minimum Gasteiger partial charge on any atom is -0.480 e. The first-order valence-electron chi connectivity index (χ1n) is 6.00. The van der Waals surface area contributed by atoms with E-state index >= 15 is 0 Å². The number of hydrogen-bond acceptors (Lipinski definition) is 5. The Morgan fingerprint density at radius 1 is 1.35 bits per heavy atom. The Balaban J connectivity index is 2.23. The average Bonchev–Trinajstić information content (AvgIpc) is 3.06. The molecule has 0 saturated carbocycles. The lowest BCUT2D eigenvalue weighted by Gasteiger charge is -2.15. The summed E-state index contributed by atoms with van der Waals surface area (Å²) in [4.78, 5) is 22.2. The predicted octanol–water partition coefficient (Wildman–Crippen LogP) is 0.347. The van der Waals surface area contributed by atoms with Crippen LogP contribution in [0.5, 0.6) is 0 Å². The van der Waals surface area contributed by atoms with Gasteiger partial charge in [-0.25, -0.2) is 8.42 Å². The molecular formula is C11H14N2O5S2. The van der Waals surface area contributed by atoms with Crippen molar-refractivity contribution in [1.82, 2.24) is 9.62 Å². The summed E-state index contributed by atoms with van der Waals surface area (Å²) in [6.45, 7) is 0.364. The molecule has 0 atom stereocenters. The lowest BCUT2D eigenvalue weighted by molar-refractivity contribution is -0.135. The van der Waals surface area contributed by atoms with Crippen LogP contribution in [0.3, 0.4) is 0 Å². The molecule has 2 heterocycles. The van der Waals surface area contributed by atoms with Crippen molar-refractivity contribution in [1.29, 1.82) is 0 Å². The number of rotatable bonds is 5. The third-order valence-electron chi connectivity index (χ3n) is 2.92. The van der Waals surface area contributed by atoms with Crippen LogP contribution in [0, 0.1) is 0 Å². The van der Waals surface area contributed by atoms with Gasteiger partial charge in [0.1, 0.15) is 16.3 Å². The molecule has 0 aliphatic carbocycles. The van der Waals surface area contributed by atoms with Crippen LogP contribution in [0.25, 0.3) is 0 Å². The molecule has 1 saturated heterocycles. The number of hydrogen-bond donors (Lipinski definition) is 2. The summed E-state index contributed by atoms with van der Waals surface area (Å²) in [5.41, 5.74) is 0. The number of carboxylic acids is 1. The van der Waals surface area contributed by atoms with E-state index < -0.39 is 28.4 Å². The van der Waals surface area contributed by atoms with Gasteiger partial charge in [-0.1, -0.05) is 0 Å². The molecular weight excluding hydrogens is 304 g/mol. The molecule has 110 valence electrons. The van der Waals surface area contributed by atoms with Crippen LogP contribution in [0.15, 0.2) is 16.3 Å². The highest BCUT2D eigenvalue weighted by molar-refractivity contribution is 7.89. The molecule has 20 heavy (non-hydrogen) atoms. The maximum atomic E-state index is 12.4. The molecule has 9 heteroatoms. The Kier molecular flexibility index (Phi) is 4.41. The molecule has 0 radical (unpaired) electrons. The topological polar surface area (TPSA) is 104 Å². The summed E-state index contributed by atoms with van der Waals surface area (Å²) < 4.78 is 26.1. The Morgan fingerprint density at radius 2 is 2.00 bits per heavy atom. The second-order valence-corrected chi connectivity index (χ2v) is 7.12. The molecule has 1 aromatic rings. The average molecular weight is 318 g/mol. The Labute approximate surface area is 120 Å². The van der Waals surface area contributed by atoms with Crippen molar-refractivity contribution in [3.8, 4) is 0 Å². The Bertz CT molecular complexity index is 617. The van der Waals surface area contributed by atoms with Gasteiger partial charge in [-0.2, -0.15) is 4.31 Å². The first-order chi connectivity index (χ1) is 9.43. The molecule has 0 unspecified atom stereocenters. The standard InChI is InChI=1S/C11H14N2O5S2/c14-9(15)7-12-11(16)10-8(3-6-19-10)20(17,18)13-4-1-2-5-13/h3,6H,1-2,4-5,7H2,(H,12,16)(H,14,15). The van der Waals surface area contributed by atoms with Gasteiger partial charge in [-0.05, 0) is 24.3 Å². The van der Waals surface area contributed by atoms with E-state index in [1.807, 2.05) is 0 Å². The third kappa shape index (κ3) is 3.00. The highest BCUT2D eigenvalue weighted by Crippen LogP contribution is 2.27. The Morgan fingerprint density at radius 3 is 2.60 bits per heavy atom. The SMILES string of the molecule is O=C(O)CNC(=O)c1sccc1S(=O)(=O)N1CCCC1. The Hall–Kier alpha value is -1.45. The van der Waals surface area contributed by atoms with E-state index in [-0.39, 0.29) is 9.77 Å². The van der Waals surface area contributed by atoms with Crippen LogP contribution in [0.1, 0.15) is 22.5 Å². The van der Waals surface area contributed by atoms with Gasteiger partial charge in [-0.3, -0.25) is 9.59 Å². The summed E-state index contributed by atoms with van der Waals surface area (Å²) in [5, 5.41) is 12.2. The van der Waals surface area contributed by atoms with Gasteiger partial charge in [-0.15, -0.1) is 11.3 Å². The number of sulfonamides is 1. The van der Waals surface area contributed by atoms with Gasteiger partial charge < -0.3 is 10.4 Å². The molecule has 1 aliphatic rings. The molecule has 2 N–H and O–H groups in total. The van der Waals surface area contributed by atoms with Crippen LogP contribution < -0.4 is 5.32 Å². The van der Waals surface area contributed by atoms with Crippen molar-refractivity contribution in [3.63, 3.8) is 0 Å². The van der Waals surface area contributed by atoms with E-state index in [4.69, 9.17) is 5.11 Å². The molecule has 0 spiro atoms. The minimum atomic E-state index is -3.67. The van der Waals surface area contributed by atoms with E-state index in [9.17, 15) is 18.0 Å². The normalized spacial score (nSPS) is 16.2. The van der Waals surface area contributed by atoms with Crippen molar-refractivity contribution in [2.75, 3.05) is 19.6 Å². The molecule has 1 amide bonds. The lowest BCUT2D eigenvalue weighted by atomic mass is 10.4. The molecule has 0 bridgehead atoms. The van der Waals surface area contributed by atoms with Crippen molar-refractivity contribution in [2.45, 2.75) is 17.7 Å². The minimum absolute atomic E-state index is 0.0261. The number of thiophene rings is 1. The number of nitrogens with zero attached hydrogens (tertiary/aromatic N) is 1. The van der Waals surface area contributed by atoms with Crippen LogP contribution in [-0.2, 0) is 14.8 Å². The fourth-order valence-electron chi connectivity index (χ4n) is 1.97. The second kappa shape index (κ2) is 5.90. The van der Waals surface area contributed by atoms with Gasteiger partial charge in [0.05, 0.1) is 0 Å². The van der Waals surface area contributed by atoms with Crippen LogP contribution >= 0.6 is 11.3 Å². The fourth-order valence-corrected chi connectivity index (χ4v) is 4.80. The highest BCUT2D eigenvalue weighted by atomic mass is 32.2. The van der Waals surface area contributed by atoms with Gasteiger partial charge in [0.25, 0.3) is 5.91 Å². The van der Waals surface area contributed by atoms with E-state index in [0.717, 1.165) is 24.2 Å². The van der Waals surface area contributed by atoms with Crippen LogP contribution in [-0.4, -0.2) is 49.3 Å². The third-order valence-corrected chi connectivity index (χ3v) is 5.90. The van der Waals surface area contributed by atoms with E-state index in [2.05, 4.69) is 5.32 Å². The summed E-state index contributed by atoms with van der Waals surface area (Å²) in [6.07, 6.45) is 1.62. The number of carbonyl (C=O) groups is 2. The summed E-state index contributed by atoms with van der Waals surface area (Å²) in [6, 6.07) is 1.38. The van der Waals surface area contributed by atoms with Gasteiger partial charge in [0.2, 0.25) is 10.0 Å². The van der Waals surface area contributed by atoms with Gasteiger partial charge >= 0.3 is 5.97 Å². The number of nitrogens with one attached hydrogen (secondary N) is 1.